The minimum Gasteiger partial charge on any atom is -0.465 e. The van der Waals surface area contributed by atoms with Gasteiger partial charge in [0, 0.05) is 13.1 Å². The van der Waals surface area contributed by atoms with Gasteiger partial charge >= 0.3 is 5.97 Å². The molecule has 0 aliphatic carbocycles. The summed E-state index contributed by atoms with van der Waals surface area (Å²) in [5, 5.41) is 6.11. The van der Waals surface area contributed by atoms with Gasteiger partial charge in [0.1, 0.15) is 0 Å². The number of nitrogens with one attached hydrogen (secondary N) is 2. The predicted molar refractivity (Wildman–Crippen MR) is 82.8 cm³/mol. The van der Waals surface area contributed by atoms with Crippen LogP contribution in [0.15, 0.2) is 18.2 Å². The van der Waals surface area contributed by atoms with Gasteiger partial charge in [-0.3, -0.25) is 4.79 Å². The maximum absolute atomic E-state index is 11.7. The van der Waals surface area contributed by atoms with Gasteiger partial charge in [-0.25, -0.2) is 4.79 Å². The standard InChI is InChI=1S/C14H20ClN3O3/c1-18(2)7-6-16-13(19)9-17-12-8-10(14(20)21-3)4-5-11(12)15/h4-5,8,17H,6-7,9H2,1-3H3,(H,16,19). The van der Waals surface area contributed by atoms with E-state index in [1.807, 2.05) is 19.0 Å². The molecule has 0 radical (unpaired) electrons. The molecular weight excluding hydrogens is 294 g/mol. The number of esters is 1. The fraction of sp³-hybridized carbons (Fsp3) is 0.429. The minimum absolute atomic E-state index is 0.0811. The lowest BCUT2D eigenvalue weighted by Crippen LogP contribution is -2.35. The molecule has 6 nitrogen and oxygen atoms in total. The lowest BCUT2D eigenvalue weighted by Gasteiger charge is -2.12. The molecule has 1 aromatic carbocycles. The Bertz CT molecular complexity index is 506. The first-order valence-electron chi connectivity index (χ1n) is 6.47. The smallest absolute Gasteiger partial charge is 0.337 e. The number of anilines is 1. The lowest BCUT2D eigenvalue weighted by atomic mass is 10.2. The van der Waals surface area contributed by atoms with Gasteiger partial charge in [0.05, 0.1) is 29.9 Å². The number of benzene rings is 1. The van der Waals surface area contributed by atoms with Gasteiger partial charge in [-0.15, -0.1) is 0 Å². The first-order valence-corrected chi connectivity index (χ1v) is 6.85. The lowest BCUT2D eigenvalue weighted by molar-refractivity contribution is -0.119. The highest BCUT2D eigenvalue weighted by molar-refractivity contribution is 6.33. The number of ether oxygens (including phenoxy) is 1. The highest BCUT2D eigenvalue weighted by atomic mass is 35.5. The van der Waals surface area contributed by atoms with E-state index >= 15 is 0 Å². The van der Waals surface area contributed by atoms with Gasteiger partial charge in [0.25, 0.3) is 0 Å². The number of carbonyl (C=O) groups is 2. The van der Waals surface area contributed by atoms with E-state index in [-0.39, 0.29) is 12.5 Å². The van der Waals surface area contributed by atoms with Crippen LogP contribution in [0.4, 0.5) is 5.69 Å². The molecule has 1 aromatic rings. The molecule has 21 heavy (non-hydrogen) atoms. The van der Waals surface area contributed by atoms with E-state index in [1.54, 1.807) is 18.2 Å². The summed E-state index contributed by atoms with van der Waals surface area (Å²) in [5.41, 5.74) is 0.889. The zero-order valence-electron chi connectivity index (χ0n) is 12.4. The Balaban J connectivity index is 2.54. The Morgan fingerprint density at radius 2 is 2.05 bits per heavy atom. The Labute approximate surface area is 129 Å². The third kappa shape index (κ3) is 6.01. The van der Waals surface area contributed by atoms with Crippen molar-refractivity contribution in [2.45, 2.75) is 0 Å². The van der Waals surface area contributed by atoms with Gasteiger partial charge in [0.2, 0.25) is 5.91 Å². The third-order valence-electron chi connectivity index (χ3n) is 2.71. The Morgan fingerprint density at radius 3 is 2.67 bits per heavy atom. The molecule has 2 N–H and O–H groups in total. The van der Waals surface area contributed by atoms with Crippen LogP contribution in [-0.4, -0.2) is 57.6 Å². The summed E-state index contributed by atoms with van der Waals surface area (Å²) in [5.74, 6) is -0.596. The molecule has 0 saturated heterocycles. The van der Waals surface area contributed by atoms with Crippen LogP contribution < -0.4 is 10.6 Å². The fourth-order valence-electron chi connectivity index (χ4n) is 1.56. The number of likely N-dealkylation sites (N-methyl/N-ethyl adjacent to an activating group) is 1. The van der Waals surface area contributed by atoms with Crippen LogP contribution in [-0.2, 0) is 9.53 Å². The zero-order chi connectivity index (χ0) is 15.8. The molecule has 0 aliphatic heterocycles. The van der Waals surface area contributed by atoms with E-state index in [0.29, 0.717) is 22.8 Å². The van der Waals surface area contributed by atoms with Gasteiger partial charge in [-0.1, -0.05) is 11.6 Å². The molecule has 116 valence electrons. The molecule has 0 fully saturated rings. The quantitative estimate of drug-likeness (QED) is 0.741. The van der Waals surface area contributed by atoms with Crippen molar-refractivity contribution in [3.8, 4) is 0 Å². The number of amides is 1. The number of nitrogens with zero attached hydrogens (tertiary/aromatic N) is 1. The molecular formula is C14H20ClN3O3. The number of rotatable bonds is 7. The molecule has 0 aliphatic rings. The molecule has 1 rings (SSSR count). The number of halogens is 1. The average Bonchev–Trinajstić information content (AvgIpc) is 2.45. The summed E-state index contributed by atoms with van der Waals surface area (Å²) < 4.78 is 4.64. The van der Waals surface area contributed by atoms with Crippen LogP contribution in [0.2, 0.25) is 5.02 Å². The predicted octanol–water partition coefficient (Wildman–Crippen LogP) is 1.22. The van der Waals surface area contributed by atoms with E-state index in [0.717, 1.165) is 6.54 Å². The van der Waals surface area contributed by atoms with Crippen LogP contribution in [0, 0.1) is 0 Å². The highest BCUT2D eigenvalue weighted by Crippen LogP contribution is 2.23. The monoisotopic (exact) mass is 313 g/mol. The first-order chi connectivity index (χ1) is 9.93. The molecule has 0 spiro atoms. The van der Waals surface area contributed by atoms with Crippen LogP contribution >= 0.6 is 11.6 Å². The molecule has 1 amide bonds. The third-order valence-corrected chi connectivity index (χ3v) is 3.04. The second-order valence-electron chi connectivity index (χ2n) is 4.69. The summed E-state index contributed by atoms with van der Waals surface area (Å²) in [7, 11) is 5.17. The SMILES string of the molecule is COC(=O)c1ccc(Cl)c(NCC(=O)NCCN(C)C)c1. The molecule has 7 heteroatoms. The number of hydrogen-bond donors (Lipinski definition) is 2. The molecule has 0 atom stereocenters. The molecule has 0 heterocycles. The topological polar surface area (TPSA) is 70.7 Å². The van der Waals surface area contributed by atoms with Gasteiger partial charge in [-0.05, 0) is 32.3 Å². The highest BCUT2D eigenvalue weighted by Gasteiger charge is 2.09. The van der Waals surface area contributed by atoms with Gasteiger partial charge in [-0.2, -0.15) is 0 Å². The summed E-state index contributed by atoms with van der Waals surface area (Å²) in [6, 6.07) is 4.71. The molecule has 0 bridgehead atoms. The summed E-state index contributed by atoms with van der Waals surface area (Å²) in [6.07, 6.45) is 0. The molecule has 0 aromatic heterocycles. The van der Waals surface area contributed by atoms with Crippen LogP contribution in [0.5, 0.6) is 0 Å². The van der Waals surface area contributed by atoms with Crippen molar-refractivity contribution in [2.75, 3.05) is 46.2 Å². The zero-order valence-corrected chi connectivity index (χ0v) is 13.2. The van der Waals surface area contributed by atoms with Crippen molar-refractivity contribution in [1.82, 2.24) is 10.2 Å². The van der Waals surface area contributed by atoms with Gasteiger partial charge < -0.3 is 20.3 Å². The van der Waals surface area contributed by atoms with E-state index in [2.05, 4.69) is 15.4 Å². The van der Waals surface area contributed by atoms with Crippen LogP contribution in [0.3, 0.4) is 0 Å². The Morgan fingerprint density at radius 1 is 1.33 bits per heavy atom. The van der Waals surface area contributed by atoms with Crippen molar-refractivity contribution in [1.29, 1.82) is 0 Å². The van der Waals surface area contributed by atoms with E-state index in [9.17, 15) is 9.59 Å². The van der Waals surface area contributed by atoms with Crippen molar-refractivity contribution in [3.05, 3.63) is 28.8 Å². The maximum Gasteiger partial charge on any atom is 0.337 e. The second kappa shape index (κ2) is 8.49. The maximum atomic E-state index is 11.7. The van der Waals surface area contributed by atoms with Crippen molar-refractivity contribution in [2.24, 2.45) is 0 Å². The van der Waals surface area contributed by atoms with Crippen LogP contribution in [0.25, 0.3) is 0 Å². The van der Waals surface area contributed by atoms with Crippen molar-refractivity contribution in [3.63, 3.8) is 0 Å². The molecule has 0 saturated carbocycles. The first kappa shape index (κ1) is 17.3. The summed E-state index contributed by atoms with van der Waals surface area (Å²) >= 11 is 6.02. The summed E-state index contributed by atoms with van der Waals surface area (Å²) in [6.45, 7) is 1.42. The van der Waals surface area contributed by atoms with E-state index < -0.39 is 5.97 Å². The second-order valence-corrected chi connectivity index (χ2v) is 5.10. The fourth-order valence-corrected chi connectivity index (χ4v) is 1.75. The largest absolute Gasteiger partial charge is 0.465 e. The number of carbonyl (C=O) groups excluding carboxylic acids is 2. The van der Waals surface area contributed by atoms with Crippen LogP contribution in [0.1, 0.15) is 10.4 Å². The number of hydrogen-bond acceptors (Lipinski definition) is 5. The number of methoxy groups -OCH3 is 1. The van der Waals surface area contributed by atoms with Crippen molar-refractivity contribution < 1.29 is 14.3 Å². The van der Waals surface area contributed by atoms with E-state index in [1.165, 1.54) is 7.11 Å². The molecule has 0 unspecified atom stereocenters. The Hall–Kier alpha value is -1.79. The summed E-state index contributed by atoms with van der Waals surface area (Å²) in [4.78, 5) is 25.1. The normalized spacial score (nSPS) is 10.3. The average molecular weight is 314 g/mol. The van der Waals surface area contributed by atoms with E-state index in [4.69, 9.17) is 11.6 Å². The van der Waals surface area contributed by atoms with Gasteiger partial charge in [0.15, 0.2) is 0 Å². The van der Waals surface area contributed by atoms with Crippen molar-refractivity contribution >= 4 is 29.2 Å². The Kier molecular flexibility index (Phi) is 6.98. The minimum atomic E-state index is -0.454.